The van der Waals surface area contributed by atoms with Crippen LogP contribution in [0.15, 0.2) is 54.0 Å². The van der Waals surface area contributed by atoms with Crippen molar-refractivity contribution in [3.8, 4) is 0 Å². The predicted molar refractivity (Wildman–Crippen MR) is 92.2 cm³/mol. The van der Waals surface area contributed by atoms with Gasteiger partial charge >= 0.3 is 0 Å². The summed E-state index contributed by atoms with van der Waals surface area (Å²) in [5.41, 5.74) is 1.32. The van der Waals surface area contributed by atoms with E-state index in [0.29, 0.717) is 5.13 Å². The topological polar surface area (TPSA) is 42.0 Å². The molecule has 0 bridgehead atoms. The summed E-state index contributed by atoms with van der Waals surface area (Å²) in [4.78, 5) is 15.1. The average Bonchev–Trinajstić information content (AvgIpc) is 3.27. The van der Waals surface area contributed by atoms with Crippen molar-refractivity contribution in [1.82, 2.24) is 4.98 Å². The molecule has 3 nitrogen and oxygen atoms in total. The van der Waals surface area contributed by atoms with Crippen LogP contribution in [0, 0.1) is 12.8 Å². The molecule has 0 aliphatic heterocycles. The number of rotatable bonds is 2. The van der Waals surface area contributed by atoms with Gasteiger partial charge in [0.05, 0.1) is 0 Å². The van der Waals surface area contributed by atoms with E-state index in [-0.39, 0.29) is 11.8 Å². The molecule has 0 saturated heterocycles. The zero-order valence-corrected chi connectivity index (χ0v) is 13.3. The van der Waals surface area contributed by atoms with Crippen LogP contribution < -0.4 is 5.32 Å². The standard InChI is InChI=1S/C11H10.C7H8N2OS/c1-9-6-7-10-4-2-3-5-11(10)8-9;10-6(5-1-2-5)9-7-8-3-4-11-7/h2-8H,1H3;3-5H,1-2H2,(H,8,9,10). The quantitative estimate of drug-likeness (QED) is 0.749. The fraction of sp³-hybridized carbons (Fsp3) is 0.222. The molecule has 1 aliphatic rings. The van der Waals surface area contributed by atoms with Gasteiger partial charge in [0, 0.05) is 17.5 Å². The lowest BCUT2D eigenvalue weighted by molar-refractivity contribution is -0.117. The van der Waals surface area contributed by atoms with Crippen LogP contribution in [0.5, 0.6) is 0 Å². The summed E-state index contributed by atoms with van der Waals surface area (Å²) < 4.78 is 0. The van der Waals surface area contributed by atoms with Crippen molar-refractivity contribution in [2.45, 2.75) is 19.8 Å². The molecule has 1 fully saturated rings. The molecule has 1 aromatic heterocycles. The van der Waals surface area contributed by atoms with Crippen LogP contribution in [0.4, 0.5) is 5.13 Å². The number of benzene rings is 2. The molecule has 1 heterocycles. The molecule has 1 saturated carbocycles. The van der Waals surface area contributed by atoms with Gasteiger partial charge in [-0.2, -0.15) is 0 Å². The minimum Gasteiger partial charge on any atom is -0.302 e. The van der Waals surface area contributed by atoms with Crippen LogP contribution in [0.2, 0.25) is 0 Å². The highest BCUT2D eigenvalue weighted by atomic mass is 32.1. The number of anilines is 1. The Morgan fingerprint density at radius 1 is 1.18 bits per heavy atom. The lowest BCUT2D eigenvalue weighted by atomic mass is 10.1. The second-order valence-corrected chi connectivity index (χ2v) is 6.35. The number of amides is 1. The average molecular weight is 310 g/mol. The molecule has 1 amide bonds. The predicted octanol–water partition coefficient (Wildman–Crippen LogP) is 4.64. The summed E-state index contributed by atoms with van der Waals surface area (Å²) in [7, 11) is 0. The fourth-order valence-corrected chi connectivity index (χ4v) is 2.68. The molecule has 0 unspecified atom stereocenters. The van der Waals surface area contributed by atoms with Gasteiger partial charge in [0.15, 0.2) is 5.13 Å². The first-order valence-corrected chi connectivity index (χ1v) is 8.26. The summed E-state index contributed by atoms with van der Waals surface area (Å²) in [6, 6.07) is 14.9. The Labute approximate surface area is 134 Å². The first kappa shape index (κ1) is 14.7. The van der Waals surface area contributed by atoms with E-state index in [9.17, 15) is 4.79 Å². The molecule has 4 rings (SSSR count). The largest absolute Gasteiger partial charge is 0.302 e. The Balaban J connectivity index is 0.000000131. The van der Waals surface area contributed by atoms with Crippen molar-refractivity contribution in [1.29, 1.82) is 0 Å². The minimum atomic E-state index is 0.125. The summed E-state index contributed by atoms with van der Waals surface area (Å²) >= 11 is 1.45. The normalized spacial score (nSPS) is 13.3. The number of nitrogens with zero attached hydrogens (tertiary/aromatic N) is 1. The van der Waals surface area contributed by atoms with E-state index in [1.165, 1.54) is 27.7 Å². The molecule has 3 aromatic rings. The van der Waals surface area contributed by atoms with Crippen molar-refractivity contribution in [2.75, 3.05) is 5.32 Å². The zero-order chi connectivity index (χ0) is 15.4. The van der Waals surface area contributed by atoms with Gasteiger partial charge in [-0.05, 0) is 30.5 Å². The SMILES string of the molecule is Cc1ccc2ccccc2c1.O=C(Nc1nccs1)C1CC1. The first-order chi connectivity index (χ1) is 10.7. The number of hydrogen-bond acceptors (Lipinski definition) is 3. The van der Waals surface area contributed by atoms with Gasteiger partial charge in [0.2, 0.25) is 5.91 Å². The number of aromatic nitrogens is 1. The number of carbonyl (C=O) groups is 1. The van der Waals surface area contributed by atoms with Gasteiger partial charge in [0.25, 0.3) is 0 Å². The number of nitrogens with one attached hydrogen (secondary N) is 1. The maximum atomic E-state index is 11.1. The van der Waals surface area contributed by atoms with Gasteiger partial charge in [0.1, 0.15) is 0 Å². The third-order valence-electron chi connectivity index (χ3n) is 3.52. The van der Waals surface area contributed by atoms with E-state index in [2.05, 4.69) is 59.7 Å². The van der Waals surface area contributed by atoms with Crippen LogP contribution in [0.3, 0.4) is 0 Å². The molecular formula is C18H18N2OS. The molecule has 112 valence electrons. The van der Waals surface area contributed by atoms with E-state index >= 15 is 0 Å². The smallest absolute Gasteiger partial charge is 0.229 e. The van der Waals surface area contributed by atoms with E-state index in [1.807, 2.05) is 5.38 Å². The number of carbonyl (C=O) groups excluding carboxylic acids is 1. The fourth-order valence-electron chi connectivity index (χ4n) is 2.15. The minimum absolute atomic E-state index is 0.125. The second kappa shape index (κ2) is 6.71. The third-order valence-corrected chi connectivity index (χ3v) is 4.20. The van der Waals surface area contributed by atoms with E-state index in [0.717, 1.165) is 12.8 Å². The number of fused-ring (bicyclic) bond motifs is 1. The van der Waals surface area contributed by atoms with Gasteiger partial charge in [-0.15, -0.1) is 11.3 Å². The number of hydrogen-bond donors (Lipinski definition) is 1. The van der Waals surface area contributed by atoms with Crippen molar-refractivity contribution < 1.29 is 4.79 Å². The number of thiazole rings is 1. The van der Waals surface area contributed by atoms with Crippen LogP contribution in [0.1, 0.15) is 18.4 Å². The molecule has 4 heteroatoms. The summed E-state index contributed by atoms with van der Waals surface area (Å²) in [5, 5.41) is 7.96. The molecule has 0 atom stereocenters. The highest BCUT2D eigenvalue weighted by Gasteiger charge is 2.29. The Hall–Kier alpha value is -2.20. The first-order valence-electron chi connectivity index (χ1n) is 7.38. The Morgan fingerprint density at radius 2 is 1.95 bits per heavy atom. The van der Waals surface area contributed by atoms with Crippen LogP contribution in [-0.4, -0.2) is 10.9 Å². The lowest BCUT2D eigenvalue weighted by Crippen LogP contribution is -2.12. The van der Waals surface area contributed by atoms with E-state index < -0.39 is 0 Å². The molecule has 2 aromatic carbocycles. The number of aryl methyl sites for hydroxylation is 1. The van der Waals surface area contributed by atoms with Gasteiger partial charge < -0.3 is 5.32 Å². The van der Waals surface area contributed by atoms with Crippen molar-refractivity contribution in [2.24, 2.45) is 5.92 Å². The highest BCUT2D eigenvalue weighted by molar-refractivity contribution is 7.13. The summed E-state index contributed by atoms with van der Waals surface area (Å²) in [6.07, 6.45) is 3.77. The molecule has 22 heavy (non-hydrogen) atoms. The molecular weight excluding hydrogens is 292 g/mol. The van der Waals surface area contributed by atoms with Gasteiger partial charge in [-0.3, -0.25) is 4.79 Å². The van der Waals surface area contributed by atoms with Gasteiger partial charge in [-0.1, -0.05) is 48.0 Å². The Morgan fingerprint density at radius 3 is 2.64 bits per heavy atom. The van der Waals surface area contributed by atoms with E-state index in [1.54, 1.807) is 6.20 Å². The van der Waals surface area contributed by atoms with Crippen molar-refractivity contribution >= 4 is 33.1 Å². The lowest BCUT2D eigenvalue weighted by Gasteiger charge is -1.96. The third kappa shape index (κ3) is 3.92. The molecule has 1 aliphatic carbocycles. The van der Waals surface area contributed by atoms with Crippen molar-refractivity contribution in [3.63, 3.8) is 0 Å². The summed E-state index contributed by atoms with van der Waals surface area (Å²) in [6.45, 7) is 2.12. The molecule has 1 N–H and O–H groups in total. The molecule has 0 radical (unpaired) electrons. The monoisotopic (exact) mass is 310 g/mol. The van der Waals surface area contributed by atoms with E-state index in [4.69, 9.17) is 0 Å². The second-order valence-electron chi connectivity index (χ2n) is 5.45. The Bertz CT molecular complexity index is 764. The molecule has 0 spiro atoms. The van der Waals surface area contributed by atoms with Crippen LogP contribution in [0.25, 0.3) is 10.8 Å². The van der Waals surface area contributed by atoms with Crippen LogP contribution in [-0.2, 0) is 4.79 Å². The van der Waals surface area contributed by atoms with Crippen molar-refractivity contribution in [3.05, 3.63) is 59.6 Å². The van der Waals surface area contributed by atoms with Crippen LogP contribution >= 0.6 is 11.3 Å². The van der Waals surface area contributed by atoms with Gasteiger partial charge in [-0.25, -0.2) is 4.98 Å². The maximum absolute atomic E-state index is 11.1. The maximum Gasteiger partial charge on any atom is 0.229 e. The summed E-state index contributed by atoms with van der Waals surface area (Å²) in [5.74, 6) is 0.388. The zero-order valence-electron chi connectivity index (χ0n) is 12.5. The Kier molecular flexibility index (Phi) is 4.49. The highest BCUT2D eigenvalue weighted by Crippen LogP contribution is 2.30.